The van der Waals surface area contributed by atoms with E-state index in [2.05, 4.69) is 19.6 Å². The molecule has 0 rings (SSSR count). The van der Waals surface area contributed by atoms with Gasteiger partial charge in [0.05, 0.1) is 0 Å². The van der Waals surface area contributed by atoms with Gasteiger partial charge in [-0.05, 0) is 12.5 Å². The monoisotopic (exact) mass is 109 g/mol. The van der Waals surface area contributed by atoms with Crippen molar-refractivity contribution in [3.05, 3.63) is 24.8 Å². The van der Waals surface area contributed by atoms with E-state index in [4.69, 9.17) is 0 Å². The molecule has 0 amide bonds. The van der Waals surface area contributed by atoms with Gasteiger partial charge in [0.2, 0.25) is 0 Å². The first-order valence-corrected chi connectivity index (χ1v) is 3.10. The van der Waals surface area contributed by atoms with E-state index in [9.17, 15) is 0 Å². The Bertz CT molecular complexity index is 70.1. The van der Waals surface area contributed by atoms with Crippen LogP contribution in [0.3, 0.4) is 0 Å². The summed E-state index contributed by atoms with van der Waals surface area (Å²) in [6, 6.07) is 0. The Labute approximate surface area is 51.9 Å². The normalized spacial score (nSPS) is 10.1. The molecule has 0 atom stereocenters. The van der Waals surface area contributed by atoms with Crippen molar-refractivity contribution in [1.29, 1.82) is 0 Å². The minimum Gasteiger partial charge on any atom is -0.0985 e. The summed E-state index contributed by atoms with van der Waals surface area (Å²) >= 11 is 0. The minimum atomic E-state index is 1.14. The van der Waals surface area contributed by atoms with Gasteiger partial charge in [-0.15, -0.1) is 0 Å². The van der Waals surface area contributed by atoms with Crippen molar-refractivity contribution < 1.29 is 0 Å². The topological polar surface area (TPSA) is 0 Å². The van der Waals surface area contributed by atoms with Crippen LogP contribution in [0.1, 0.15) is 26.2 Å². The zero-order valence-corrected chi connectivity index (χ0v) is 5.48. The largest absolute Gasteiger partial charge is 0.0985 e. The van der Waals surface area contributed by atoms with Gasteiger partial charge in [-0.3, -0.25) is 0 Å². The quantitative estimate of drug-likeness (QED) is 0.384. The Balaban J connectivity index is 2.91. The van der Waals surface area contributed by atoms with Gasteiger partial charge >= 0.3 is 0 Å². The van der Waals surface area contributed by atoms with E-state index in [0.29, 0.717) is 0 Å². The summed E-state index contributed by atoms with van der Waals surface area (Å²) in [5.41, 5.74) is 0. The molecule has 0 nitrogen and oxygen atoms in total. The van der Waals surface area contributed by atoms with E-state index >= 15 is 0 Å². The number of allylic oxidation sites excluding steroid dienone is 3. The summed E-state index contributed by atoms with van der Waals surface area (Å²) < 4.78 is 0. The van der Waals surface area contributed by atoms with Crippen molar-refractivity contribution in [1.82, 2.24) is 0 Å². The van der Waals surface area contributed by atoms with E-state index < -0.39 is 0 Å². The lowest BCUT2D eigenvalue weighted by Crippen LogP contribution is -1.64. The van der Waals surface area contributed by atoms with Crippen molar-refractivity contribution in [2.24, 2.45) is 0 Å². The average molecular weight is 109 g/mol. The standard InChI is InChI=1S/C8H13/c1-3-5-7-8-6-4-2/h3,7H,1,4,6,8H2,2H3. The molecular weight excluding hydrogens is 96.1 g/mol. The molecule has 0 bridgehead atoms. The molecule has 0 aromatic heterocycles. The van der Waals surface area contributed by atoms with Gasteiger partial charge in [-0.1, -0.05) is 38.5 Å². The zero-order chi connectivity index (χ0) is 6.24. The molecule has 0 aliphatic carbocycles. The third-order valence-electron chi connectivity index (χ3n) is 0.938. The fourth-order valence-electron chi connectivity index (χ4n) is 0.473. The van der Waals surface area contributed by atoms with Crippen LogP contribution in [0, 0.1) is 6.08 Å². The van der Waals surface area contributed by atoms with Crippen LogP contribution in [-0.2, 0) is 0 Å². The Morgan fingerprint density at radius 1 is 1.62 bits per heavy atom. The van der Waals surface area contributed by atoms with Gasteiger partial charge in [-0.2, -0.15) is 0 Å². The molecule has 1 radical (unpaired) electrons. The molecule has 0 fully saturated rings. The maximum atomic E-state index is 3.52. The molecule has 0 aliphatic heterocycles. The molecule has 0 aliphatic rings. The minimum absolute atomic E-state index is 1.14. The van der Waals surface area contributed by atoms with E-state index in [1.807, 2.05) is 6.08 Å². The van der Waals surface area contributed by atoms with Gasteiger partial charge in [0, 0.05) is 0 Å². The molecule has 0 saturated carbocycles. The highest BCUT2D eigenvalue weighted by molar-refractivity contribution is 4.87. The van der Waals surface area contributed by atoms with E-state index in [-0.39, 0.29) is 0 Å². The van der Waals surface area contributed by atoms with Crippen molar-refractivity contribution in [3.63, 3.8) is 0 Å². The second-order valence-corrected chi connectivity index (χ2v) is 1.72. The number of hydrogen-bond acceptors (Lipinski definition) is 0. The highest BCUT2D eigenvalue weighted by Gasteiger charge is 1.74. The van der Waals surface area contributed by atoms with Gasteiger partial charge in [0.25, 0.3) is 0 Å². The Kier molecular flexibility index (Phi) is 6.06. The Morgan fingerprint density at radius 3 is 2.88 bits per heavy atom. The van der Waals surface area contributed by atoms with Gasteiger partial charge in [0.1, 0.15) is 0 Å². The highest BCUT2D eigenvalue weighted by Crippen LogP contribution is 1.93. The van der Waals surface area contributed by atoms with Crippen molar-refractivity contribution in [3.8, 4) is 0 Å². The molecular formula is C8H13. The summed E-state index contributed by atoms with van der Waals surface area (Å²) in [6.45, 7) is 5.70. The van der Waals surface area contributed by atoms with Gasteiger partial charge in [-0.25, -0.2) is 0 Å². The third-order valence-corrected chi connectivity index (χ3v) is 0.938. The van der Waals surface area contributed by atoms with Crippen LogP contribution < -0.4 is 0 Å². The van der Waals surface area contributed by atoms with Crippen LogP contribution in [0.4, 0.5) is 0 Å². The third kappa shape index (κ3) is 5.48. The summed E-state index contributed by atoms with van der Waals surface area (Å²) in [5.74, 6) is 0. The number of hydrogen-bond donors (Lipinski definition) is 0. The Hall–Kier alpha value is -0.520. The molecule has 0 N–H and O–H groups in total. The maximum absolute atomic E-state index is 3.52. The molecule has 8 heavy (non-hydrogen) atoms. The fourth-order valence-corrected chi connectivity index (χ4v) is 0.473. The van der Waals surface area contributed by atoms with Crippen LogP contribution in [-0.4, -0.2) is 0 Å². The van der Waals surface area contributed by atoms with Crippen LogP contribution in [0.25, 0.3) is 0 Å². The highest BCUT2D eigenvalue weighted by atomic mass is 13.8. The lowest BCUT2D eigenvalue weighted by molar-refractivity contribution is 0.814. The second kappa shape index (κ2) is 6.48. The first-order chi connectivity index (χ1) is 3.91. The fraction of sp³-hybridized carbons (Fsp3) is 0.500. The number of unbranched alkanes of at least 4 members (excludes halogenated alkanes) is 2. The second-order valence-electron chi connectivity index (χ2n) is 1.72. The van der Waals surface area contributed by atoms with Crippen LogP contribution in [0.15, 0.2) is 18.7 Å². The van der Waals surface area contributed by atoms with Gasteiger partial charge < -0.3 is 0 Å². The van der Waals surface area contributed by atoms with Crippen LogP contribution >= 0.6 is 0 Å². The SMILES string of the molecule is C=C/[C]=C/CCCC. The lowest BCUT2D eigenvalue weighted by atomic mass is 10.2. The molecule has 0 spiro atoms. The van der Waals surface area contributed by atoms with Gasteiger partial charge in [0.15, 0.2) is 0 Å². The molecule has 0 unspecified atom stereocenters. The molecule has 0 aromatic carbocycles. The average Bonchev–Trinajstić information content (AvgIpc) is 1.81. The van der Waals surface area contributed by atoms with E-state index in [0.717, 1.165) is 6.42 Å². The predicted octanol–water partition coefficient (Wildman–Crippen LogP) is 2.72. The number of rotatable bonds is 4. The van der Waals surface area contributed by atoms with Crippen molar-refractivity contribution in [2.75, 3.05) is 0 Å². The zero-order valence-electron chi connectivity index (χ0n) is 5.48. The van der Waals surface area contributed by atoms with E-state index in [1.54, 1.807) is 6.08 Å². The maximum Gasteiger partial charge on any atom is -0.0233 e. The molecule has 0 heterocycles. The smallest absolute Gasteiger partial charge is 0.0233 e. The summed E-state index contributed by atoms with van der Waals surface area (Å²) in [7, 11) is 0. The van der Waals surface area contributed by atoms with Crippen molar-refractivity contribution >= 4 is 0 Å². The summed E-state index contributed by atoms with van der Waals surface area (Å²) in [5, 5.41) is 0. The van der Waals surface area contributed by atoms with E-state index in [1.165, 1.54) is 12.8 Å². The Morgan fingerprint density at radius 2 is 2.38 bits per heavy atom. The molecule has 0 heteroatoms. The first-order valence-electron chi connectivity index (χ1n) is 3.10. The summed E-state index contributed by atoms with van der Waals surface area (Å²) in [6.07, 6.45) is 10.3. The molecule has 0 aromatic rings. The van der Waals surface area contributed by atoms with Crippen molar-refractivity contribution in [2.45, 2.75) is 26.2 Å². The molecule has 45 valence electrons. The predicted molar refractivity (Wildman–Crippen MR) is 37.5 cm³/mol. The van der Waals surface area contributed by atoms with Crippen LogP contribution in [0.5, 0.6) is 0 Å². The van der Waals surface area contributed by atoms with Crippen LogP contribution in [0.2, 0.25) is 0 Å². The summed E-state index contributed by atoms with van der Waals surface area (Å²) in [4.78, 5) is 0. The molecule has 0 saturated heterocycles. The first kappa shape index (κ1) is 7.48. The lowest BCUT2D eigenvalue weighted by Gasteiger charge is -1.83.